The molecule has 0 saturated heterocycles. The van der Waals surface area contributed by atoms with Crippen molar-refractivity contribution in [1.82, 2.24) is 5.43 Å². The third-order valence-electron chi connectivity index (χ3n) is 4.05. The van der Waals surface area contributed by atoms with Crippen molar-refractivity contribution in [1.29, 1.82) is 0 Å². The lowest BCUT2D eigenvalue weighted by Crippen LogP contribution is -2.17. The molecule has 0 bridgehead atoms. The van der Waals surface area contributed by atoms with E-state index in [-0.39, 0.29) is 5.75 Å². The summed E-state index contributed by atoms with van der Waals surface area (Å²) in [5, 5.41) is 15.2. The number of esters is 1. The molecule has 0 fully saturated rings. The van der Waals surface area contributed by atoms with Crippen LogP contribution in [0.2, 0.25) is 0 Å². The van der Waals surface area contributed by atoms with Gasteiger partial charge in [-0.25, -0.2) is 10.2 Å². The Morgan fingerprint density at radius 1 is 1.00 bits per heavy atom. The van der Waals surface area contributed by atoms with Gasteiger partial charge in [0.2, 0.25) is 5.75 Å². The molecule has 0 atom stereocenters. The molecule has 0 radical (unpaired) electrons. The highest BCUT2D eigenvalue weighted by Crippen LogP contribution is 2.28. The molecule has 0 spiro atoms. The smallest absolute Gasteiger partial charge is 0.343 e. The number of benzene rings is 3. The average molecular weight is 403 g/mol. The van der Waals surface area contributed by atoms with Crippen LogP contribution >= 0.6 is 0 Å². The van der Waals surface area contributed by atoms with E-state index in [1.807, 2.05) is 13.0 Å². The number of hydrogen-bond acceptors (Lipinski definition) is 6. The van der Waals surface area contributed by atoms with Gasteiger partial charge in [0, 0.05) is 17.2 Å². The maximum absolute atomic E-state index is 12.3. The zero-order chi connectivity index (χ0) is 21.5. The summed E-state index contributed by atoms with van der Waals surface area (Å²) in [6.45, 7) is 1.82. The summed E-state index contributed by atoms with van der Waals surface area (Å²) in [7, 11) is 0. The topological polar surface area (TPSA) is 111 Å². The van der Waals surface area contributed by atoms with E-state index < -0.39 is 22.5 Å². The molecule has 1 N–H and O–H groups in total. The Bertz CT molecular complexity index is 1130. The second kappa shape index (κ2) is 9.24. The maximum Gasteiger partial charge on any atom is 0.343 e. The minimum atomic E-state index is -0.696. The number of hydrazone groups is 1. The van der Waals surface area contributed by atoms with Crippen LogP contribution in [-0.2, 0) is 0 Å². The zero-order valence-corrected chi connectivity index (χ0v) is 15.9. The van der Waals surface area contributed by atoms with Gasteiger partial charge in [-0.1, -0.05) is 35.9 Å². The Balaban J connectivity index is 1.74. The van der Waals surface area contributed by atoms with Gasteiger partial charge in [-0.15, -0.1) is 0 Å². The lowest BCUT2D eigenvalue weighted by Gasteiger charge is -2.06. The van der Waals surface area contributed by atoms with Gasteiger partial charge in [-0.05, 0) is 43.3 Å². The number of carbonyl (C=O) groups excluding carboxylic acids is 2. The quantitative estimate of drug-likeness (QED) is 0.221. The van der Waals surface area contributed by atoms with E-state index in [1.54, 1.807) is 48.5 Å². The molecule has 30 heavy (non-hydrogen) atoms. The first-order chi connectivity index (χ1) is 14.4. The van der Waals surface area contributed by atoms with Crippen LogP contribution in [0.25, 0.3) is 0 Å². The molecular weight excluding hydrogens is 386 g/mol. The fraction of sp³-hybridized carbons (Fsp3) is 0.0455. The second-order valence-corrected chi connectivity index (χ2v) is 6.31. The van der Waals surface area contributed by atoms with Gasteiger partial charge in [0.15, 0.2) is 0 Å². The Morgan fingerprint density at radius 2 is 1.73 bits per heavy atom. The van der Waals surface area contributed by atoms with Gasteiger partial charge in [-0.2, -0.15) is 5.10 Å². The van der Waals surface area contributed by atoms with Crippen molar-refractivity contribution in [2.75, 3.05) is 0 Å². The Hall–Kier alpha value is -4.33. The summed E-state index contributed by atoms with van der Waals surface area (Å²) in [6, 6.07) is 19.2. The normalized spacial score (nSPS) is 10.6. The summed E-state index contributed by atoms with van der Waals surface area (Å²) >= 11 is 0. The van der Waals surface area contributed by atoms with E-state index in [4.69, 9.17) is 4.74 Å². The minimum Gasteiger partial charge on any atom is -0.416 e. The Kier molecular flexibility index (Phi) is 6.29. The standard InChI is InChI=1S/C22H17N3O5/c1-15-6-5-9-18(12-15)22(27)30-20-11-10-16(13-19(20)25(28)29)14-23-24-21(26)17-7-3-2-4-8-17/h2-14H,1H3,(H,24,26)/b23-14-. The molecule has 0 aliphatic carbocycles. The summed E-state index contributed by atoms with van der Waals surface area (Å²) in [5.74, 6) is -1.29. The van der Waals surface area contributed by atoms with Crippen LogP contribution in [0, 0.1) is 17.0 Å². The Morgan fingerprint density at radius 3 is 2.43 bits per heavy atom. The number of ether oxygens (including phenoxy) is 1. The van der Waals surface area contributed by atoms with Crippen molar-refractivity contribution >= 4 is 23.8 Å². The molecular formula is C22H17N3O5. The SMILES string of the molecule is Cc1cccc(C(=O)Oc2ccc(/C=N\NC(=O)c3ccccc3)cc2[N+](=O)[O-])c1. The molecule has 3 rings (SSSR count). The van der Waals surface area contributed by atoms with E-state index >= 15 is 0 Å². The Labute approximate surface area is 172 Å². The highest BCUT2D eigenvalue weighted by molar-refractivity contribution is 5.95. The van der Waals surface area contributed by atoms with Crippen molar-refractivity contribution in [3.8, 4) is 5.75 Å². The fourth-order valence-corrected chi connectivity index (χ4v) is 2.59. The lowest BCUT2D eigenvalue weighted by molar-refractivity contribution is -0.385. The van der Waals surface area contributed by atoms with Gasteiger partial charge in [0.1, 0.15) is 0 Å². The predicted molar refractivity (Wildman–Crippen MR) is 111 cm³/mol. The molecule has 0 aliphatic rings. The van der Waals surface area contributed by atoms with Gasteiger partial charge in [0.25, 0.3) is 5.91 Å². The van der Waals surface area contributed by atoms with Crippen molar-refractivity contribution < 1.29 is 19.2 Å². The molecule has 150 valence electrons. The number of hydrogen-bond donors (Lipinski definition) is 1. The number of rotatable bonds is 6. The zero-order valence-electron chi connectivity index (χ0n) is 15.9. The third-order valence-corrected chi connectivity index (χ3v) is 4.05. The molecule has 0 heterocycles. The number of nitrogens with one attached hydrogen (secondary N) is 1. The van der Waals surface area contributed by atoms with E-state index in [1.165, 1.54) is 24.4 Å². The molecule has 0 aromatic heterocycles. The van der Waals surface area contributed by atoms with Crippen LogP contribution in [0.3, 0.4) is 0 Å². The highest BCUT2D eigenvalue weighted by Gasteiger charge is 2.19. The van der Waals surface area contributed by atoms with Crippen molar-refractivity contribution in [3.63, 3.8) is 0 Å². The maximum atomic E-state index is 12.3. The first kappa shape index (κ1) is 20.4. The van der Waals surface area contributed by atoms with E-state index in [0.29, 0.717) is 16.7 Å². The number of carbonyl (C=O) groups is 2. The monoisotopic (exact) mass is 403 g/mol. The van der Waals surface area contributed by atoms with Crippen LogP contribution < -0.4 is 10.2 Å². The van der Waals surface area contributed by atoms with Crippen LogP contribution in [0.5, 0.6) is 5.75 Å². The molecule has 8 heteroatoms. The largest absolute Gasteiger partial charge is 0.416 e. The molecule has 0 aliphatic heterocycles. The van der Waals surface area contributed by atoms with Gasteiger partial charge >= 0.3 is 11.7 Å². The van der Waals surface area contributed by atoms with Gasteiger partial charge < -0.3 is 4.74 Å². The van der Waals surface area contributed by atoms with E-state index in [0.717, 1.165) is 5.56 Å². The first-order valence-corrected chi connectivity index (χ1v) is 8.90. The lowest BCUT2D eigenvalue weighted by atomic mass is 10.1. The molecule has 3 aromatic carbocycles. The molecule has 1 amide bonds. The molecule has 3 aromatic rings. The molecule has 8 nitrogen and oxygen atoms in total. The fourth-order valence-electron chi connectivity index (χ4n) is 2.59. The predicted octanol–water partition coefficient (Wildman–Crippen LogP) is 3.89. The van der Waals surface area contributed by atoms with Crippen molar-refractivity contribution in [3.05, 3.63) is 105 Å². The number of nitro groups is 1. The van der Waals surface area contributed by atoms with Crippen LogP contribution in [0.15, 0.2) is 77.9 Å². The second-order valence-electron chi connectivity index (χ2n) is 6.31. The molecule has 0 unspecified atom stereocenters. The summed E-state index contributed by atoms with van der Waals surface area (Å²) < 4.78 is 5.21. The van der Waals surface area contributed by atoms with Gasteiger partial charge in [0.05, 0.1) is 16.7 Å². The first-order valence-electron chi connectivity index (χ1n) is 8.90. The van der Waals surface area contributed by atoms with Crippen LogP contribution in [0.1, 0.15) is 31.8 Å². The van der Waals surface area contributed by atoms with E-state index in [2.05, 4.69) is 10.5 Å². The number of amides is 1. The average Bonchev–Trinajstić information content (AvgIpc) is 2.75. The molecule has 0 saturated carbocycles. The van der Waals surface area contributed by atoms with Crippen molar-refractivity contribution in [2.24, 2.45) is 5.10 Å². The van der Waals surface area contributed by atoms with Crippen LogP contribution in [0.4, 0.5) is 5.69 Å². The van der Waals surface area contributed by atoms with Crippen LogP contribution in [-0.4, -0.2) is 23.0 Å². The summed E-state index contributed by atoms with van der Waals surface area (Å²) in [6.07, 6.45) is 1.26. The van der Waals surface area contributed by atoms with Crippen molar-refractivity contribution in [2.45, 2.75) is 6.92 Å². The summed E-state index contributed by atoms with van der Waals surface area (Å²) in [4.78, 5) is 35.0. The van der Waals surface area contributed by atoms with Gasteiger partial charge in [-0.3, -0.25) is 14.9 Å². The number of aryl methyl sites for hydroxylation is 1. The minimum absolute atomic E-state index is 0.183. The summed E-state index contributed by atoms with van der Waals surface area (Å²) in [5.41, 5.74) is 3.89. The van der Waals surface area contributed by atoms with E-state index in [9.17, 15) is 19.7 Å². The number of nitrogens with zero attached hydrogens (tertiary/aromatic N) is 2. The highest BCUT2D eigenvalue weighted by atomic mass is 16.6. The number of nitro benzene ring substituents is 1. The third kappa shape index (κ3) is 5.14.